The van der Waals surface area contributed by atoms with Gasteiger partial charge in [-0.3, -0.25) is 0 Å². The average Bonchev–Trinajstić information content (AvgIpc) is 2.40. The molecule has 2 nitrogen and oxygen atoms in total. The standard InChI is InChI=1S/C21H36O2Si/c1-11-16-22-24(20(5,6)7,21(8,9)10)23-18-14-12-17(13-15-18)19(2,3)4/h11-15H,1,16H2,2-10H3. The van der Waals surface area contributed by atoms with E-state index in [0.717, 1.165) is 5.75 Å². The van der Waals surface area contributed by atoms with Crippen LogP contribution in [0.5, 0.6) is 5.75 Å². The van der Waals surface area contributed by atoms with E-state index < -0.39 is 8.56 Å². The van der Waals surface area contributed by atoms with Gasteiger partial charge in [0.1, 0.15) is 5.75 Å². The molecule has 0 aromatic heterocycles. The molecule has 0 spiro atoms. The maximum absolute atomic E-state index is 6.67. The second-order valence-electron chi connectivity index (χ2n) is 9.59. The van der Waals surface area contributed by atoms with E-state index in [0.29, 0.717) is 6.61 Å². The summed E-state index contributed by atoms with van der Waals surface area (Å²) in [7, 11) is -2.60. The largest absolute Gasteiger partial charge is 0.520 e. The lowest BCUT2D eigenvalue weighted by Crippen LogP contribution is -2.60. The quantitative estimate of drug-likeness (QED) is 0.440. The van der Waals surface area contributed by atoms with E-state index in [9.17, 15) is 0 Å². The van der Waals surface area contributed by atoms with Gasteiger partial charge >= 0.3 is 8.56 Å². The van der Waals surface area contributed by atoms with Crippen LogP contribution in [0, 0.1) is 0 Å². The fourth-order valence-electron chi connectivity index (χ4n) is 3.26. The van der Waals surface area contributed by atoms with Crippen LogP contribution in [0.4, 0.5) is 0 Å². The zero-order valence-electron chi connectivity index (χ0n) is 17.1. The van der Waals surface area contributed by atoms with Crippen molar-refractivity contribution in [3.63, 3.8) is 0 Å². The number of rotatable bonds is 5. The molecule has 136 valence electrons. The Labute approximate surface area is 150 Å². The molecule has 1 rings (SSSR count). The maximum atomic E-state index is 6.67. The molecule has 0 N–H and O–H groups in total. The van der Waals surface area contributed by atoms with Gasteiger partial charge in [-0.15, -0.1) is 6.58 Å². The van der Waals surface area contributed by atoms with Crippen LogP contribution >= 0.6 is 0 Å². The van der Waals surface area contributed by atoms with Crippen LogP contribution in [0.15, 0.2) is 36.9 Å². The normalized spacial score (nSPS) is 13.7. The summed E-state index contributed by atoms with van der Waals surface area (Å²) in [5.41, 5.74) is 1.45. The van der Waals surface area contributed by atoms with Crippen LogP contribution in [0.3, 0.4) is 0 Å². The van der Waals surface area contributed by atoms with Gasteiger partial charge in [0.25, 0.3) is 0 Å². The van der Waals surface area contributed by atoms with Crippen LogP contribution in [-0.2, 0) is 9.84 Å². The monoisotopic (exact) mass is 348 g/mol. The van der Waals surface area contributed by atoms with Crippen molar-refractivity contribution < 1.29 is 8.85 Å². The Morgan fingerprint density at radius 2 is 1.33 bits per heavy atom. The van der Waals surface area contributed by atoms with E-state index in [-0.39, 0.29) is 15.5 Å². The molecule has 0 saturated heterocycles. The Morgan fingerprint density at radius 1 is 0.875 bits per heavy atom. The highest BCUT2D eigenvalue weighted by molar-refractivity contribution is 6.74. The van der Waals surface area contributed by atoms with E-state index in [1.54, 1.807) is 0 Å². The minimum atomic E-state index is -2.60. The van der Waals surface area contributed by atoms with E-state index in [4.69, 9.17) is 8.85 Å². The predicted octanol–water partition coefficient (Wildman–Crippen LogP) is 6.61. The third-order valence-corrected chi connectivity index (χ3v) is 9.41. The number of hydrogen-bond acceptors (Lipinski definition) is 2. The summed E-state index contributed by atoms with van der Waals surface area (Å²) in [6, 6.07) is 8.48. The van der Waals surface area contributed by atoms with Crippen molar-refractivity contribution in [2.75, 3.05) is 6.61 Å². The molecule has 0 aliphatic heterocycles. The first-order valence-corrected chi connectivity index (χ1v) is 10.6. The van der Waals surface area contributed by atoms with E-state index in [2.05, 4.69) is 93.2 Å². The molecule has 1 aromatic carbocycles. The predicted molar refractivity (Wildman–Crippen MR) is 107 cm³/mol. The lowest BCUT2D eigenvalue weighted by Gasteiger charge is -2.48. The second-order valence-corrected chi connectivity index (χ2v) is 14.3. The van der Waals surface area contributed by atoms with E-state index >= 15 is 0 Å². The molecule has 1 aromatic rings. The molecule has 3 heteroatoms. The highest BCUT2D eigenvalue weighted by Gasteiger charge is 2.60. The molecule has 0 atom stereocenters. The summed E-state index contributed by atoms with van der Waals surface area (Å²) in [4.78, 5) is 0. The second kappa shape index (κ2) is 7.05. The van der Waals surface area contributed by atoms with Gasteiger partial charge < -0.3 is 8.85 Å². The Hall–Kier alpha value is -1.06. The lowest BCUT2D eigenvalue weighted by atomic mass is 9.87. The van der Waals surface area contributed by atoms with Crippen molar-refractivity contribution >= 4 is 8.56 Å². The Bertz CT molecular complexity index is 525. The first-order valence-electron chi connectivity index (χ1n) is 8.79. The van der Waals surface area contributed by atoms with Crippen LogP contribution in [0.2, 0.25) is 10.1 Å². The zero-order valence-corrected chi connectivity index (χ0v) is 18.1. The summed E-state index contributed by atoms with van der Waals surface area (Å²) in [6.45, 7) is 24.3. The SMILES string of the molecule is C=CCO[Si](Oc1ccc(C(C)(C)C)cc1)(C(C)(C)C)C(C)(C)C. The molecular formula is C21H36O2Si. The van der Waals surface area contributed by atoms with Gasteiger partial charge in [0, 0.05) is 10.1 Å². The molecule has 0 amide bonds. The molecule has 0 bridgehead atoms. The van der Waals surface area contributed by atoms with Gasteiger partial charge in [0.05, 0.1) is 6.61 Å². The van der Waals surface area contributed by atoms with Crippen molar-refractivity contribution in [1.29, 1.82) is 0 Å². The molecule has 0 unspecified atom stereocenters. The zero-order chi connectivity index (χ0) is 18.8. The molecule has 0 aliphatic rings. The highest BCUT2D eigenvalue weighted by atomic mass is 28.4. The van der Waals surface area contributed by atoms with Gasteiger partial charge in [-0.25, -0.2) is 0 Å². The summed E-state index contributed by atoms with van der Waals surface area (Å²) >= 11 is 0. The Morgan fingerprint density at radius 3 is 1.67 bits per heavy atom. The average molecular weight is 349 g/mol. The van der Waals surface area contributed by atoms with Crippen LogP contribution in [0.1, 0.15) is 67.9 Å². The summed E-state index contributed by atoms with van der Waals surface area (Å²) in [6.07, 6.45) is 1.81. The lowest BCUT2D eigenvalue weighted by molar-refractivity contribution is 0.209. The van der Waals surface area contributed by atoms with Crippen molar-refractivity contribution in [2.45, 2.75) is 77.8 Å². The fourth-order valence-corrected chi connectivity index (χ4v) is 7.87. The van der Waals surface area contributed by atoms with Gasteiger partial charge in [0.2, 0.25) is 0 Å². The van der Waals surface area contributed by atoms with Crippen molar-refractivity contribution in [2.24, 2.45) is 0 Å². The van der Waals surface area contributed by atoms with Crippen LogP contribution in [-0.4, -0.2) is 15.2 Å². The first kappa shape index (κ1) is 21.0. The molecule has 0 saturated carbocycles. The third-order valence-electron chi connectivity index (χ3n) is 4.36. The minimum Gasteiger partial charge on any atom is -0.520 e. The van der Waals surface area contributed by atoms with Crippen molar-refractivity contribution in [1.82, 2.24) is 0 Å². The third kappa shape index (κ3) is 4.51. The van der Waals surface area contributed by atoms with Gasteiger partial charge in [0.15, 0.2) is 0 Å². The fraction of sp³-hybridized carbons (Fsp3) is 0.619. The topological polar surface area (TPSA) is 18.5 Å². The summed E-state index contributed by atoms with van der Waals surface area (Å²) < 4.78 is 13.1. The summed E-state index contributed by atoms with van der Waals surface area (Å²) in [5, 5.41) is -0.145. The number of hydrogen-bond donors (Lipinski definition) is 0. The van der Waals surface area contributed by atoms with Crippen LogP contribution < -0.4 is 4.43 Å². The highest BCUT2D eigenvalue weighted by Crippen LogP contribution is 2.52. The van der Waals surface area contributed by atoms with Gasteiger partial charge in [-0.1, -0.05) is 80.5 Å². The minimum absolute atomic E-state index is 0.0725. The first-order chi connectivity index (χ1) is 10.7. The van der Waals surface area contributed by atoms with Crippen molar-refractivity contribution in [3.8, 4) is 5.75 Å². The maximum Gasteiger partial charge on any atom is 0.410 e. The smallest absolute Gasteiger partial charge is 0.410 e. The Kier molecular flexibility index (Phi) is 6.16. The van der Waals surface area contributed by atoms with E-state index in [1.165, 1.54) is 5.56 Å². The summed E-state index contributed by atoms with van der Waals surface area (Å²) in [5.74, 6) is 0.892. The molecule has 0 aliphatic carbocycles. The van der Waals surface area contributed by atoms with Gasteiger partial charge in [-0.05, 0) is 23.1 Å². The number of benzene rings is 1. The molecule has 0 fully saturated rings. The molecule has 24 heavy (non-hydrogen) atoms. The van der Waals surface area contributed by atoms with Crippen LogP contribution in [0.25, 0.3) is 0 Å². The molecular weight excluding hydrogens is 312 g/mol. The van der Waals surface area contributed by atoms with Crippen molar-refractivity contribution in [3.05, 3.63) is 42.5 Å². The molecule has 0 radical (unpaired) electrons. The molecule has 0 heterocycles. The van der Waals surface area contributed by atoms with Gasteiger partial charge in [-0.2, -0.15) is 0 Å². The Balaban J connectivity index is 3.28. The van der Waals surface area contributed by atoms with E-state index in [1.807, 2.05) is 6.08 Å².